The van der Waals surface area contributed by atoms with Gasteiger partial charge in [-0.2, -0.15) is 17.8 Å². The zero-order valence-electron chi connectivity index (χ0n) is 11.0. The van der Waals surface area contributed by atoms with Crippen molar-refractivity contribution >= 4 is 27.7 Å². The first kappa shape index (κ1) is 15.9. The first-order chi connectivity index (χ1) is 8.71. The molecule has 0 aliphatic heterocycles. The normalized spacial score (nSPS) is 11.9. The van der Waals surface area contributed by atoms with E-state index in [1.54, 1.807) is 6.92 Å². The van der Waals surface area contributed by atoms with Crippen molar-refractivity contribution in [3.8, 4) is 0 Å². The van der Waals surface area contributed by atoms with E-state index in [0.717, 1.165) is 4.31 Å². The van der Waals surface area contributed by atoms with Crippen LogP contribution in [0.25, 0.3) is 0 Å². The Morgan fingerprint density at radius 1 is 1.53 bits per heavy atom. The number of nitrogens with zero attached hydrogens (tertiary/aromatic N) is 4. The summed E-state index contributed by atoms with van der Waals surface area (Å²) in [5.41, 5.74) is 0.00359. The summed E-state index contributed by atoms with van der Waals surface area (Å²) in [6.45, 7) is 1.59. The van der Waals surface area contributed by atoms with E-state index in [0.29, 0.717) is 4.47 Å². The molecule has 0 aromatic carbocycles. The van der Waals surface area contributed by atoms with Crippen LogP contribution in [-0.2, 0) is 22.1 Å². The van der Waals surface area contributed by atoms with Gasteiger partial charge in [-0.05, 0) is 6.92 Å². The largest absolute Gasteiger partial charge is 0.329 e. The maximum absolute atomic E-state index is 12.2. The van der Waals surface area contributed by atoms with Crippen molar-refractivity contribution in [2.24, 2.45) is 7.05 Å². The Morgan fingerprint density at radius 3 is 2.47 bits per heavy atom. The lowest BCUT2D eigenvalue weighted by molar-refractivity contribution is -0.0572. The van der Waals surface area contributed by atoms with E-state index in [9.17, 15) is 13.2 Å². The van der Waals surface area contributed by atoms with Crippen LogP contribution in [-0.4, -0.2) is 53.6 Å². The highest BCUT2D eigenvalue weighted by Gasteiger charge is 2.33. The minimum absolute atomic E-state index is 0.00359. The van der Waals surface area contributed by atoms with Crippen LogP contribution in [0.2, 0.25) is 5.15 Å². The summed E-state index contributed by atoms with van der Waals surface area (Å²) in [6, 6.07) is 1.26. The second kappa shape index (κ2) is 5.87. The molecule has 0 bridgehead atoms. The molecular formula is C9H15ClN4O4S. The molecule has 0 aliphatic carbocycles. The molecule has 1 aromatic rings. The van der Waals surface area contributed by atoms with Gasteiger partial charge in [0.15, 0.2) is 5.15 Å². The summed E-state index contributed by atoms with van der Waals surface area (Å²) in [5.74, 6) is -0.863. The third-order valence-corrected chi connectivity index (χ3v) is 3.95. The number of hydrogen-bond donors (Lipinski definition) is 0. The number of rotatable bonds is 5. The lowest BCUT2D eigenvalue weighted by Crippen LogP contribution is -2.44. The molecule has 8 nitrogen and oxygen atoms in total. The van der Waals surface area contributed by atoms with Gasteiger partial charge in [-0.25, -0.2) is 0 Å². The summed E-state index contributed by atoms with van der Waals surface area (Å²) in [7, 11) is 0.0254. The number of carbonyl (C=O) groups is 1. The van der Waals surface area contributed by atoms with Crippen LogP contribution in [0.15, 0.2) is 6.07 Å². The molecule has 10 heteroatoms. The van der Waals surface area contributed by atoms with Gasteiger partial charge in [0.25, 0.3) is 0 Å². The van der Waals surface area contributed by atoms with Crippen molar-refractivity contribution in [2.75, 3.05) is 20.7 Å². The maximum atomic E-state index is 12.2. The smallest absolute Gasteiger partial charge is 0.264 e. The Hall–Kier alpha value is -1.16. The van der Waals surface area contributed by atoms with E-state index in [-0.39, 0.29) is 17.5 Å². The Labute approximate surface area is 116 Å². The standard InChI is InChI=1S/C9H15ClN4O4S/c1-5-18-14(19(16,17)12(2)3)9(15)7-6-8(10)11-13(7)4/h6H,5H2,1-4H3. The summed E-state index contributed by atoms with van der Waals surface area (Å²) < 4.78 is 26.4. The van der Waals surface area contributed by atoms with Gasteiger partial charge in [0.05, 0.1) is 6.61 Å². The lowest BCUT2D eigenvalue weighted by atomic mass is 10.4. The van der Waals surface area contributed by atoms with E-state index in [4.69, 9.17) is 16.4 Å². The van der Waals surface area contributed by atoms with Gasteiger partial charge >= 0.3 is 16.1 Å². The number of aromatic nitrogens is 2. The third kappa shape index (κ3) is 3.24. The maximum Gasteiger partial charge on any atom is 0.329 e. The van der Waals surface area contributed by atoms with Crippen molar-refractivity contribution in [3.63, 3.8) is 0 Å². The zero-order valence-corrected chi connectivity index (χ0v) is 12.6. The second-order valence-corrected chi connectivity index (χ2v) is 6.06. The quantitative estimate of drug-likeness (QED) is 0.729. The van der Waals surface area contributed by atoms with Crippen LogP contribution in [0.3, 0.4) is 0 Å². The molecule has 0 N–H and O–H groups in total. The molecule has 0 unspecified atom stereocenters. The predicted octanol–water partition coefficient (Wildman–Crippen LogP) is 0.274. The van der Waals surface area contributed by atoms with Gasteiger partial charge in [-0.15, -0.1) is 0 Å². The molecule has 0 fully saturated rings. The highest BCUT2D eigenvalue weighted by Crippen LogP contribution is 2.15. The molecule has 0 saturated heterocycles. The van der Waals surface area contributed by atoms with Crippen LogP contribution in [0.4, 0.5) is 0 Å². The van der Waals surface area contributed by atoms with Crippen LogP contribution >= 0.6 is 11.6 Å². The van der Waals surface area contributed by atoms with Crippen molar-refractivity contribution in [3.05, 3.63) is 16.9 Å². The van der Waals surface area contributed by atoms with Crippen molar-refractivity contribution in [1.29, 1.82) is 0 Å². The summed E-state index contributed by atoms with van der Waals surface area (Å²) >= 11 is 5.66. The summed E-state index contributed by atoms with van der Waals surface area (Å²) in [5, 5.41) is 3.86. The highest BCUT2D eigenvalue weighted by molar-refractivity contribution is 7.87. The minimum atomic E-state index is -4.05. The van der Waals surface area contributed by atoms with Crippen molar-refractivity contribution in [2.45, 2.75) is 6.92 Å². The van der Waals surface area contributed by atoms with E-state index in [1.165, 1.54) is 31.9 Å². The first-order valence-corrected chi connectivity index (χ1v) is 7.08. The Bertz CT molecular complexity index is 569. The number of carbonyl (C=O) groups excluding carboxylic acids is 1. The molecule has 1 rings (SSSR count). The Morgan fingerprint density at radius 2 is 2.11 bits per heavy atom. The topological polar surface area (TPSA) is 84.7 Å². The monoisotopic (exact) mass is 310 g/mol. The minimum Gasteiger partial charge on any atom is -0.264 e. The van der Waals surface area contributed by atoms with Crippen molar-refractivity contribution in [1.82, 2.24) is 18.6 Å². The van der Waals surface area contributed by atoms with Gasteiger partial charge < -0.3 is 0 Å². The average Bonchev–Trinajstić information content (AvgIpc) is 2.64. The van der Waals surface area contributed by atoms with E-state index >= 15 is 0 Å². The number of halogens is 1. The van der Waals surface area contributed by atoms with E-state index < -0.39 is 16.1 Å². The molecule has 108 valence electrons. The number of hydroxylamine groups is 1. The number of hydrogen-bond acceptors (Lipinski definition) is 5. The molecule has 0 atom stereocenters. The van der Waals surface area contributed by atoms with Crippen molar-refractivity contribution < 1.29 is 18.0 Å². The van der Waals surface area contributed by atoms with Gasteiger partial charge in [0.1, 0.15) is 5.69 Å². The van der Waals surface area contributed by atoms with E-state index in [1.807, 2.05) is 0 Å². The van der Waals surface area contributed by atoms with Crippen LogP contribution in [0.1, 0.15) is 17.4 Å². The molecule has 19 heavy (non-hydrogen) atoms. The van der Waals surface area contributed by atoms with Crippen LogP contribution < -0.4 is 0 Å². The zero-order chi connectivity index (χ0) is 14.8. The predicted molar refractivity (Wildman–Crippen MR) is 68.6 cm³/mol. The van der Waals surface area contributed by atoms with Crippen LogP contribution in [0.5, 0.6) is 0 Å². The van der Waals surface area contributed by atoms with Crippen LogP contribution in [0, 0.1) is 0 Å². The average molecular weight is 311 g/mol. The Balaban J connectivity index is 3.21. The molecule has 0 radical (unpaired) electrons. The summed E-state index contributed by atoms with van der Waals surface area (Å²) in [4.78, 5) is 17.1. The molecule has 0 saturated carbocycles. The van der Waals surface area contributed by atoms with Gasteiger partial charge in [0.2, 0.25) is 0 Å². The highest BCUT2D eigenvalue weighted by atomic mass is 35.5. The fourth-order valence-corrected chi connectivity index (χ4v) is 2.28. The molecule has 1 amide bonds. The number of aryl methyl sites for hydroxylation is 1. The molecule has 0 spiro atoms. The van der Waals surface area contributed by atoms with E-state index in [2.05, 4.69) is 5.10 Å². The molecule has 1 heterocycles. The second-order valence-electron chi connectivity index (χ2n) is 3.72. The molecular weight excluding hydrogens is 296 g/mol. The summed E-state index contributed by atoms with van der Waals surface area (Å²) in [6.07, 6.45) is 0. The van der Waals surface area contributed by atoms with Gasteiger partial charge in [-0.1, -0.05) is 16.1 Å². The fraction of sp³-hybridized carbons (Fsp3) is 0.556. The number of amides is 1. The first-order valence-electron chi connectivity index (χ1n) is 5.31. The SMILES string of the molecule is CCON(C(=O)c1cc(Cl)nn1C)S(=O)(=O)N(C)C. The van der Waals surface area contributed by atoms with Gasteiger partial charge in [-0.3, -0.25) is 14.3 Å². The molecule has 1 aromatic heterocycles. The Kier molecular flexibility index (Phi) is 4.91. The fourth-order valence-electron chi connectivity index (χ4n) is 1.22. The third-order valence-electron chi connectivity index (χ3n) is 2.15. The molecule has 0 aliphatic rings. The van der Waals surface area contributed by atoms with Gasteiger partial charge in [0, 0.05) is 27.2 Å². The lowest BCUT2D eigenvalue weighted by Gasteiger charge is -2.23.